The van der Waals surface area contributed by atoms with E-state index in [0.717, 1.165) is 24.3 Å². The molecule has 1 aliphatic heterocycles. The molecule has 1 atom stereocenters. The maximum Gasteiger partial charge on any atom is 0.435 e. The number of nitrogens with zero attached hydrogens (tertiary/aromatic N) is 1. The number of carbonyl (C=O) groups excluding carboxylic acids is 1. The predicted molar refractivity (Wildman–Crippen MR) is 131 cm³/mol. The Morgan fingerprint density at radius 3 is 1.79 bits per heavy atom. The van der Waals surface area contributed by atoms with E-state index in [0.29, 0.717) is 12.1 Å². The first-order valence-electron chi connectivity index (χ1n) is 12.8. The van der Waals surface area contributed by atoms with Crippen molar-refractivity contribution >= 4 is 21.7 Å². The molecule has 2 fully saturated rings. The quantitative estimate of drug-likeness (QED) is 0.318. The number of carboxylic acid groups (broad SMARTS) is 1. The van der Waals surface area contributed by atoms with E-state index >= 15 is 0 Å². The molecule has 2 aliphatic rings. The minimum Gasteiger partial charge on any atom is -0.481 e. The van der Waals surface area contributed by atoms with E-state index in [9.17, 15) is 58.2 Å². The van der Waals surface area contributed by atoms with Gasteiger partial charge in [0.1, 0.15) is 10.6 Å². The summed E-state index contributed by atoms with van der Waals surface area (Å²) in [4.78, 5) is 25.4. The van der Waals surface area contributed by atoms with Crippen LogP contribution >= 0.6 is 0 Å². The molecule has 2 aromatic rings. The minimum atomic E-state index is -6.37. The summed E-state index contributed by atoms with van der Waals surface area (Å²) in [6.07, 6.45) is -12.2. The molecule has 1 unspecified atom stereocenters. The minimum absolute atomic E-state index is 0.155. The first kappa shape index (κ1) is 31.7. The Morgan fingerprint density at radius 1 is 0.810 bits per heavy atom. The molecule has 0 spiro atoms. The van der Waals surface area contributed by atoms with Crippen molar-refractivity contribution in [2.45, 2.75) is 59.8 Å². The number of hydrogen-bond donors (Lipinski definition) is 1. The summed E-state index contributed by atoms with van der Waals surface area (Å²) < 4.78 is 134. The molecule has 2 aromatic carbocycles. The highest BCUT2D eigenvalue weighted by Gasteiger charge is 2.73. The van der Waals surface area contributed by atoms with E-state index < -0.39 is 79.1 Å². The maximum absolute atomic E-state index is 14.6. The van der Waals surface area contributed by atoms with Crippen LogP contribution in [0.1, 0.15) is 43.2 Å². The van der Waals surface area contributed by atoms with E-state index in [2.05, 4.69) is 0 Å². The van der Waals surface area contributed by atoms with E-state index in [1.807, 2.05) is 0 Å². The second-order valence-corrected chi connectivity index (χ2v) is 12.8. The van der Waals surface area contributed by atoms with Crippen molar-refractivity contribution < 1.29 is 58.2 Å². The zero-order valence-corrected chi connectivity index (χ0v) is 22.5. The topological polar surface area (TPSA) is 91.8 Å². The first-order chi connectivity index (χ1) is 19.3. The van der Waals surface area contributed by atoms with Crippen LogP contribution in [0, 0.1) is 17.7 Å². The van der Waals surface area contributed by atoms with Gasteiger partial charge in [-0.25, -0.2) is 17.2 Å². The molecule has 6 nitrogen and oxygen atoms in total. The van der Waals surface area contributed by atoms with Gasteiger partial charge in [-0.3, -0.25) is 9.59 Å². The number of aliphatic carboxylic acids is 1. The van der Waals surface area contributed by atoms with Gasteiger partial charge in [-0.05, 0) is 61.9 Å². The van der Waals surface area contributed by atoms with Crippen molar-refractivity contribution in [2.75, 3.05) is 13.1 Å². The smallest absolute Gasteiger partial charge is 0.435 e. The van der Waals surface area contributed by atoms with Crippen molar-refractivity contribution in [1.82, 2.24) is 4.90 Å². The van der Waals surface area contributed by atoms with E-state index in [4.69, 9.17) is 0 Å². The van der Waals surface area contributed by atoms with Crippen molar-refractivity contribution in [2.24, 2.45) is 11.8 Å². The van der Waals surface area contributed by atoms with Crippen LogP contribution in [0.2, 0.25) is 0 Å². The lowest BCUT2D eigenvalue weighted by Gasteiger charge is -2.33. The van der Waals surface area contributed by atoms with Crippen LogP contribution in [-0.2, 0) is 29.8 Å². The molecule has 0 bridgehead atoms. The Bertz CT molecular complexity index is 1420. The van der Waals surface area contributed by atoms with Crippen LogP contribution in [-0.4, -0.2) is 55.7 Å². The summed E-state index contributed by atoms with van der Waals surface area (Å²) >= 11 is 0. The van der Waals surface area contributed by atoms with Crippen LogP contribution in [0.5, 0.6) is 0 Å². The van der Waals surface area contributed by atoms with Crippen LogP contribution < -0.4 is 0 Å². The summed E-state index contributed by atoms with van der Waals surface area (Å²) in [5.41, 5.74) is -7.82. The van der Waals surface area contributed by atoms with Crippen LogP contribution in [0.3, 0.4) is 0 Å². The number of carboxylic acids is 1. The molecule has 1 saturated heterocycles. The Labute approximate surface area is 235 Å². The summed E-state index contributed by atoms with van der Waals surface area (Å²) in [5.74, 6) is -3.48. The summed E-state index contributed by atoms with van der Waals surface area (Å²) in [6.45, 7) is -0.693. The molecule has 15 heteroatoms. The van der Waals surface area contributed by atoms with Gasteiger partial charge < -0.3 is 10.0 Å². The van der Waals surface area contributed by atoms with E-state index in [1.165, 1.54) is 4.90 Å². The highest BCUT2D eigenvalue weighted by atomic mass is 32.2. The average Bonchev–Trinajstić information content (AvgIpc) is 3.39. The van der Waals surface area contributed by atoms with Gasteiger partial charge in [0.2, 0.25) is 5.91 Å². The standard InChI is InChI=1S/C27H25F8NO5S/c28-20-9-11-21(12-10-20)42(40,41)24(13-14-36(15-24)22(37)16-1-3-17(4-2-16)23(38)39)18-5-7-19(8-6-18)25(29,26(30,31)32)27(33,34)35/h5-12,16-17H,1-4,13-15H2,(H,38,39). The third-order valence-corrected chi connectivity index (χ3v) is 10.7. The largest absolute Gasteiger partial charge is 0.481 e. The molecule has 1 aliphatic carbocycles. The maximum atomic E-state index is 14.6. The predicted octanol–water partition coefficient (Wildman–Crippen LogP) is 5.91. The van der Waals surface area contributed by atoms with Gasteiger partial charge in [0, 0.05) is 24.6 Å². The van der Waals surface area contributed by atoms with Gasteiger partial charge >= 0.3 is 24.0 Å². The molecule has 1 N–H and O–H groups in total. The summed E-state index contributed by atoms with van der Waals surface area (Å²) in [5, 5.41) is 9.21. The number of hydrogen-bond acceptors (Lipinski definition) is 4. The lowest BCUT2D eigenvalue weighted by molar-refractivity contribution is -0.348. The van der Waals surface area contributed by atoms with Gasteiger partial charge in [-0.15, -0.1) is 0 Å². The molecule has 1 heterocycles. The van der Waals surface area contributed by atoms with E-state index in [-0.39, 0.29) is 56.3 Å². The van der Waals surface area contributed by atoms with Gasteiger partial charge in [0.15, 0.2) is 9.84 Å². The Morgan fingerprint density at radius 2 is 1.31 bits per heavy atom. The molecule has 1 saturated carbocycles. The van der Waals surface area contributed by atoms with Crippen molar-refractivity contribution in [3.8, 4) is 0 Å². The third kappa shape index (κ3) is 5.24. The SMILES string of the molecule is O=C(O)C1CCC(C(=O)N2CCC(c3ccc(C(F)(C(F)(F)F)C(F)(F)F)cc3)(S(=O)(=O)c3ccc(F)cc3)C2)CC1. The van der Waals surface area contributed by atoms with Crippen LogP contribution in [0.4, 0.5) is 35.1 Å². The zero-order valence-electron chi connectivity index (χ0n) is 21.7. The number of sulfone groups is 1. The van der Waals surface area contributed by atoms with Gasteiger partial charge in [0.05, 0.1) is 10.8 Å². The van der Waals surface area contributed by atoms with Gasteiger partial charge in [-0.1, -0.05) is 24.3 Å². The molecular formula is C27H25F8NO5S. The fourth-order valence-electron chi connectivity index (χ4n) is 5.76. The molecule has 4 rings (SSSR count). The fraction of sp³-hybridized carbons (Fsp3) is 0.481. The number of halogens is 8. The van der Waals surface area contributed by atoms with E-state index in [1.54, 1.807) is 0 Å². The molecule has 1 amide bonds. The zero-order chi connectivity index (χ0) is 31.3. The Kier molecular flexibility index (Phi) is 8.15. The summed E-state index contributed by atoms with van der Waals surface area (Å²) in [7, 11) is -4.57. The molecule has 42 heavy (non-hydrogen) atoms. The lowest BCUT2D eigenvalue weighted by Crippen LogP contribution is -2.50. The first-order valence-corrected chi connectivity index (χ1v) is 14.3. The Balaban J connectivity index is 1.74. The number of benzene rings is 2. The average molecular weight is 628 g/mol. The second-order valence-electron chi connectivity index (χ2n) is 10.6. The van der Waals surface area contributed by atoms with Gasteiger partial charge in [-0.2, -0.15) is 26.3 Å². The molecular weight excluding hydrogens is 602 g/mol. The van der Waals surface area contributed by atoms with Crippen LogP contribution in [0.15, 0.2) is 53.4 Å². The lowest BCUT2D eigenvalue weighted by atomic mass is 9.81. The third-order valence-electron chi connectivity index (χ3n) is 8.20. The van der Waals surface area contributed by atoms with Crippen molar-refractivity contribution in [3.05, 3.63) is 65.5 Å². The number of carbonyl (C=O) groups is 2. The number of alkyl halides is 7. The van der Waals surface area contributed by atoms with Gasteiger partial charge in [0.25, 0.3) is 0 Å². The number of amides is 1. The van der Waals surface area contributed by atoms with Crippen molar-refractivity contribution in [1.29, 1.82) is 0 Å². The van der Waals surface area contributed by atoms with Crippen molar-refractivity contribution in [3.63, 3.8) is 0 Å². The fourth-order valence-corrected chi connectivity index (χ4v) is 7.83. The Hall–Kier alpha value is -3.23. The number of rotatable bonds is 6. The molecule has 0 aromatic heterocycles. The van der Waals surface area contributed by atoms with Crippen LogP contribution in [0.25, 0.3) is 0 Å². The summed E-state index contributed by atoms with van der Waals surface area (Å²) in [6, 6.07) is 5.35. The highest BCUT2D eigenvalue weighted by Crippen LogP contribution is 2.54. The normalized spacial score (nSPS) is 24.0. The monoisotopic (exact) mass is 627 g/mol. The number of likely N-dealkylation sites (tertiary alicyclic amines) is 1. The molecule has 0 radical (unpaired) electrons. The highest BCUT2D eigenvalue weighted by molar-refractivity contribution is 7.92. The second kappa shape index (κ2) is 10.8. The molecule has 230 valence electrons.